The molecule has 1 aromatic heterocycles. The molecule has 1 heterocycles. The number of hydrogen-bond acceptors (Lipinski definition) is 3. The van der Waals surface area contributed by atoms with E-state index in [9.17, 15) is 0 Å². The Bertz CT molecular complexity index is 785. The Morgan fingerprint density at radius 1 is 1.05 bits per heavy atom. The van der Waals surface area contributed by atoms with Crippen LogP contribution in [-0.4, -0.2) is 4.98 Å². The minimum absolute atomic E-state index is 0.366. The SMILES string of the molecule is Nc1ccc(COc2cc(Cl)cc(Cl)c2)c2ncccc12. The molecular formula is C16H12Cl2N2O. The molecule has 2 aromatic carbocycles. The van der Waals surface area contributed by atoms with Crippen molar-refractivity contribution in [3.05, 3.63) is 64.3 Å². The fourth-order valence-corrected chi connectivity index (χ4v) is 2.65. The standard InChI is InChI=1S/C16H12Cl2N2O/c17-11-6-12(18)8-13(7-11)21-9-10-3-4-15(19)14-2-1-5-20-16(10)14/h1-8H,9,19H2. The molecule has 0 aliphatic carbocycles. The van der Waals surface area contributed by atoms with Crippen molar-refractivity contribution in [2.24, 2.45) is 0 Å². The topological polar surface area (TPSA) is 48.1 Å². The maximum Gasteiger partial charge on any atom is 0.122 e. The molecule has 0 amide bonds. The van der Waals surface area contributed by atoms with Gasteiger partial charge in [-0.3, -0.25) is 4.98 Å². The summed E-state index contributed by atoms with van der Waals surface area (Å²) < 4.78 is 5.75. The highest BCUT2D eigenvalue weighted by Crippen LogP contribution is 2.27. The van der Waals surface area contributed by atoms with Gasteiger partial charge in [0.25, 0.3) is 0 Å². The molecule has 0 unspecified atom stereocenters. The molecule has 0 bridgehead atoms. The first-order valence-electron chi connectivity index (χ1n) is 6.34. The van der Waals surface area contributed by atoms with Crippen LogP contribution in [0, 0.1) is 0 Å². The van der Waals surface area contributed by atoms with Crippen molar-refractivity contribution in [1.82, 2.24) is 4.98 Å². The van der Waals surface area contributed by atoms with Crippen LogP contribution >= 0.6 is 23.2 Å². The van der Waals surface area contributed by atoms with Crippen molar-refractivity contribution in [2.75, 3.05) is 5.73 Å². The lowest BCUT2D eigenvalue weighted by Crippen LogP contribution is -1.99. The van der Waals surface area contributed by atoms with E-state index in [-0.39, 0.29) is 0 Å². The van der Waals surface area contributed by atoms with Gasteiger partial charge >= 0.3 is 0 Å². The third kappa shape index (κ3) is 3.04. The number of anilines is 1. The van der Waals surface area contributed by atoms with Gasteiger partial charge in [0.2, 0.25) is 0 Å². The number of rotatable bonds is 3. The van der Waals surface area contributed by atoms with Gasteiger partial charge in [-0.1, -0.05) is 29.3 Å². The molecule has 3 aromatic rings. The smallest absolute Gasteiger partial charge is 0.122 e. The lowest BCUT2D eigenvalue weighted by molar-refractivity contribution is 0.307. The number of aromatic nitrogens is 1. The van der Waals surface area contributed by atoms with Gasteiger partial charge < -0.3 is 10.5 Å². The lowest BCUT2D eigenvalue weighted by atomic mass is 10.1. The first kappa shape index (κ1) is 14.0. The molecule has 0 saturated carbocycles. The predicted molar refractivity (Wildman–Crippen MR) is 86.9 cm³/mol. The summed E-state index contributed by atoms with van der Waals surface area (Å²) in [6.07, 6.45) is 1.74. The van der Waals surface area contributed by atoms with Gasteiger partial charge in [-0.2, -0.15) is 0 Å². The van der Waals surface area contributed by atoms with Crippen molar-refractivity contribution >= 4 is 39.8 Å². The summed E-state index contributed by atoms with van der Waals surface area (Å²) >= 11 is 11.9. The van der Waals surface area contributed by atoms with Gasteiger partial charge in [-0.25, -0.2) is 0 Å². The van der Waals surface area contributed by atoms with Crippen molar-refractivity contribution in [3.8, 4) is 5.75 Å². The molecular weight excluding hydrogens is 307 g/mol. The zero-order chi connectivity index (χ0) is 14.8. The Morgan fingerprint density at radius 3 is 2.57 bits per heavy atom. The first-order chi connectivity index (χ1) is 10.1. The molecule has 5 heteroatoms. The summed E-state index contributed by atoms with van der Waals surface area (Å²) in [7, 11) is 0. The minimum Gasteiger partial charge on any atom is -0.489 e. The third-order valence-electron chi connectivity index (χ3n) is 3.12. The van der Waals surface area contributed by atoms with Gasteiger partial charge in [-0.15, -0.1) is 0 Å². The average Bonchev–Trinajstić information content (AvgIpc) is 2.46. The summed E-state index contributed by atoms with van der Waals surface area (Å²) in [5.41, 5.74) is 8.45. The summed E-state index contributed by atoms with van der Waals surface area (Å²) in [4.78, 5) is 4.38. The van der Waals surface area contributed by atoms with E-state index in [0.29, 0.717) is 28.1 Å². The van der Waals surface area contributed by atoms with Crippen LogP contribution in [-0.2, 0) is 6.61 Å². The largest absolute Gasteiger partial charge is 0.489 e. The first-order valence-corrected chi connectivity index (χ1v) is 7.10. The van der Waals surface area contributed by atoms with Gasteiger partial charge in [0, 0.05) is 32.9 Å². The Morgan fingerprint density at radius 2 is 1.81 bits per heavy atom. The average molecular weight is 319 g/mol. The Hall–Kier alpha value is -1.97. The van der Waals surface area contributed by atoms with E-state index < -0.39 is 0 Å². The number of nitrogen functional groups attached to an aromatic ring is 1. The molecule has 0 radical (unpaired) electrons. The highest BCUT2D eigenvalue weighted by atomic mass is 35.5. The number of pyridine rings is 1. The Balaban J connectivity index is 1.90. The molecule has 3 rings (SSSR count). The molecule has 0 aliphatic heterocycles. The zero-order valence-corrected chi connectivity index (χ0v) is 12.5. The molecule has 0 spiro atoms. The van der Waals surface area contributed by atoms with Crippen LogP contribution < -0.4 is 10.5 Å². The molecule has 21 heavy (non-hydrogen) atoms. The van der Waals surface area contributed by atoms with Crippen molar-refractivity contribution in [2.45, 2.75) is 6.61 Å². The number of nitrogens with zero attached hydrogens (tertiary/aromatic N) is 1. The van der Waals surface area contributed by atoms with E-state index >= 15 is 0 Å². The quantitative estimate of drug-likeness (QED) is 0.712. The fourth-order valence-electron chi connectivity index (χ4n) is 2.14. The van der Waals surface area contributed by atoms with Crippen LogP contribution in [0.4, 0.5) is 5.69 Å². The molecule has 0 atom stereocenters. The molecule has 106 valence electrons. The molecule has 3 nitrogen and oxygen atoms in total. The molecule has 0 saturated heterocycles. The van der Waals surface area contributed by atoms with E-state index in [4.69, 9.17) is 33.7 Å². The molecule has 0 aliphatic rings. The number of halogens is 2. The summed E-state index contributed by atoms with van der Waals surface area (Å²) in [6, 6.07) is 12.7. The van der Waals surface area contributed by atoms with E-state index in [2.05, 4.69) is 4.98 Å². The van der Waals surface area contributed by atoms with Crippen LogP contribution in [0.5, 0.6) is 5.75 Å². The Labute approximate surface area is 132 Å². The third-order valence-corrected chi connectivity index (χ3v) is 3.55. The summed E-state index contributed by atoms with van der Waals surface area (Å²) in [6.45, 7) is 0.366. The normalized spacial score (nSPS) is 10.8. The van der Waals surface area contributed by atoms with Gasteiger partial charge in [0.05, 0.1) is 5.52 Å². The van der Waals surface area contributed by atoms with Crippen molar-refractivity contribution in [3.63, 3.8) is 0 Å². The number of fused-ring (bicyclic) bond motifs is 1. The number of benzene rings is 2. The summed E-state index contributed by atoms with van der Waals surface area (Å²) in [5, 5.41) is 2.00. The maximum atomic E-state index is 5.96. The highest BCUT2D eigenvalue weighted by Gasteiger charge is 2.06. The van der Waals surface area contributed by atoms with Gasteiger partial charge in [0.1, 0.15) is 12.4 Å². The van der Waals surface area contributed by atoms with E-state index in [1.807, 2.05) is 24.3 Å². The van der Waals surface area contributed by atoms with Gasteiger partial charge in [0.15, 0.2) is 0 Å². The molecule has 0 fully saturated rings. The van der Waals surface area contributed by atoms with Crippen LogP contribution in [0.25, 0.3) is 10.9 Å². The maximum absolute atomic E-state index is 5.96. The predicted octanol–water partition coefficient (Wildman–Crippen LogP) is 4.70. The second-order valence-electron chi connectivity index (χ2n) is 4.61. The van der Waals surface area contributed by atoms with E-state index in [1.54, 1.807) is 24.4 Å². The number of hydrogen-bond donors (Lipinski definition) is 1. The zero-order valence-electron chi connectivity index (χ0n) is 11.0. The van der Waals surface area contributed by atoms with E-state index in [1.165, 1.54) is 0 Å². The Kier molecular flexibility index (Phi) is 3.86. The van der Waals surface area contributed by atoms with Crippen LogP contribution in [0.1, 0.15) is 5.56 Å². The van der Waals surface area contributed by atoms with Gasteiger partial charge in [-0.05, 0) is 36.4 Å². The van der Waals surface area contributed by atoms with Crippen LogP contribution in [0.3, 0.4) is 0 Å². The van der Waals surface area contributed by atoms with Crippen LogP contribution in [0.2, 0.25) is 10.0 Å². The molecule has 2 N–H and O–H groups in total. The second-order valence-corrected chi connectivity index (χ2v) is 5.48. The monoisotopic (exact) mass is 318 g/mol. The van der Waals surface area contributed by atoms with Crippen molar-refractivity contribution < 1.29 is 4.74 Å². The second kappa shape index (κ2) is 5.80. The number of nitrogens with two attached hydrogens (primary N) is 1. The number of ether oxygens (including phenoxy) is 1. The van der Waals surface area contributed by atoms with E-state index in [0.717, 1.165) is 16.5 Å². The summed E-state index contributed by atoms with van der Waals surface area (Å²) in [5.74, 6) is 0.619. The van der Waals surface area contributed by atoms with Crippen molar-refractivity contribution in [1.29, 1.82) is 0 Å². The van der Waals surface area contributed by atoms with Crippen LogP contribution in [0.15, 0.2) is 48.7 Å². The lowest BCUT2D eigenvalue weighted by Gasteiger charge is -2.10. The fraction of sp³-hybridized carbons (Fsp3) is 0.0625. The minimum atomic E-state index is 0.366. The highest BCUT2D eigenvalue weighted by molar-refractivity contribution is 6.34.